The third-order valence-electron chi connectivity index (χ3n) is 3.01. The molecule has 102 valence electrons. The van der Waals surface area contributed by atoms with Gasteiger partial charge in [-0.1, -0.05) is 15.9 Å². The highest BCUT2D eigenvalue weighted by Crippen LogP contribution is 2.19. The number of piperazine rings is 1. The lowest BCUT2D eigenvalue weighted by molar-refractivity contribution is -0.136. The number of aryl methyl sites for hydroxylation is 1. The van der Waals surface area contributed by atoms with Crippen LogP contribution in [0.4, 0.5) is 5.69 Å². The highest BCUT2D eigenvalue weighted by molar-refractivity contribution is 9.10. The van der Waals surface area contributed by atoms with Gasteiger partial charge in [0, 0.05) is 23.2 Å². The van der Waals surface area contributed by atoms with Crippen LogP contribution in [0, 0.1) is 6.92 Å². The normalized spacial score (nSPS) is 15.1. The van der Waals surface area contributed by atoms with Gasteiger partial charge in [0.15, 0.2) is 0 Å². The van der Waals surface area contributed by atoms with Crippen LogP contribution in [0.3, 0.4) is 0 Å². The smallest absolute Gasteiger partial charge is 0.242 e. The molecule has 0 unspecified atom stereocenters. The van der Waals surface area contributed by atoms with Gasteiger partial charge in [-0.25, -0.2) is 0 Å². The number of carbonyl (C=O) groups is 2. The Bertz CT molecular complexity index is 505. The number of anilines is 1. The number of nitrogens with one attached hydrogen (secondary N) is 2. The van der Waals surface area contributed by atoms with Crippen LogP contribution in [0.25, 0.3) is 0 Å². The zero-order valence-electron chi connectivity index (χ0n) is 10.7. The number of hydrogen-bond acceptors (Lipinski definition) is 3. The van der Waals surface area contributed by atoms with Crippen molar-refractivity contribution in [2.45, 2.75) is 6.92 Å². The molecule has 2 N–H and O–H groups in total. The maximum atomic E-state index is 12.0. The van der Waals surface area contributed by atoms with Crippen LogP contribution >= 0.6 is 15.9 Å². The summed E-state index contributed by atoms with van der Waals surface area (Å²) in [4.78, 5) is 24.8. The molecule has 0 saturated carbocycles. The molecule has 0 radical (unpaired) electrons. The van der Waals surface area contributed by atoms with Crippen LogP contribution in [0.5, 0.6) is 0 Å². The van der Waals surface area contributed by atoms with Gasteiger partial charge in [-0.15, -0.1) is 0 Å². The van der Waals surface area contributed by atoms with Crippen molar-refractivity contribution in [1.29, 1.82) is 0 Å². The van der Waals surface area contributed by atoms with Crippen molar-refractivity contribution in [2.24, 2.45) is 0 Å². The minimum atomic E-state index is -0.0978. The second-order valence-corrected chi connectivity index (χ2v) is 5.39. The van der Waals surface area contributed by atoms with Gasteiger partial charge in [-0.2, -0.15) is 0 Å². The molecule has 0 bridgehead atoms. The maximum absolute atomic E-state index is 12.0. The first-order chi connectivity index (χ1) is 9.06. The van der Waals surface area contributed by atoms with Crippen molar-refractivity contribution in [2.75, 3.05) is 31.5 Å². The molecule has 0 aromatic heterocycles. The molecule has 6 heteroatoms. The van der Waals surface area contributed by atoms with E-state index in [0.29, 0.717) is 13.1 Å². The van der Waals surface area contributed by atoms with E-state index in [1.54, 1.807) is 4.90 Å². The number of hydrogen-bond donors (Lipinski definition) is 2. The third-order valence-corrected chi connectivity index (χ3v) is 3.50. The van der Waals surface area contributed by atoms with Gasteiger partial charge in [0.2, 0.25) is 11.8 Å². The summed E-state index contributed by atoms with van der Waals surface area (Å²) in [5.41, 5.74) is 2.00. The molecule has 0 spiro atoms. The van der Waals surface area contributed by atoms with Crippen LogP contribution in [0.1, 0.15) is 5.56 Å². The van der Waals surface area contributed by atoms with Crippen molar-refractivity contribution in [3.8, 4) is 0 Å². The lowest BCUT2D eigenvalue weighted by Crippen LogP contribution is -2.51. The van der Waals surface area contributed by atoms with Gasteiger partial charge in [-0.3, -0.25) is 9.59 Å². The lowest BCUT2D eigenvalue weighted by Gasteiger charge is -2.27. The molecule has 0 aliphatic carbocycles. The van der Waals surface area contributed by atoms with E-state index in [4.69, 9.17) is 0 Å². The van der Waals surface area contributed by atoms with Crippen LogP contribution in [0.15, 0.2) is 22.7 Å². The van der Waals surface area contributed by atoms with Crippen LogP contribution < -0.4 is 10.6 Å². The summed E-state index contributed by atoms with van der Waals surface area (Å²) >= 11 is 3.40. The summed E-state index contributed by atoms with van der Waals surface area (Å²) in [6.07, 6.45) is 0. The zero-order chi connectivity index (χ0) is 13.8. The monoisotopic (exact) mass is 325 g/mol. The molecule has 1 aliphatic heterocycles. The van der Waals surface area contributed by atoms with Crippen molar-refractivity contribution < 1.29 is 9.59 Å². The van der Waals surface area contributed by atoms with Gasteiger partial charge >= 0.3 is 0 Å². The van der Waals surface area contributed by atoms with Crippen LogP contribution in [0.2, 0.25) is 0 Å². The number of carbonyl (C=O) groups excluding carboxylic acids is 2. The van der Waals surface area contributed by atoms with E-state index < -0.39 is 0 Å². The second kappa shape index (κ2) is 6.06. The molecule has 1 aromatic rings. The van der Waals surface area contributed by atoms with E-state index >= 15 is 0 Å². The Morgan fingerprint density at radius 2 is 2.32 bits per heavy atom. The maximum Gasteiger partial charge on any atom is 0.242 e. The average Bonchev–Trinajstić information content (AvgIpc) is 2.37. The lowest BCUT2D eigenvalue weighted by atomic mass is 10.2. The van der Waals surface area contributed by atoms with E-state index in [9.17, 15) is 9.59 Å². The molecule has 1 saturated heterocycles. The van der Waals surface area contributed by atoms with E-state index in [2.05, 4.69) is 26.6 Å². The van der Waals surface area contributed by atoms with Crippen molar-refractivity contribution in [1.82, 2.24) is 10.2 Å². The summed E-state index contributed by atoms with van der Waals surface area (Å²) in [6, 6.07) is 5.84. The Balaban J connectivity index is 1.91. The van der Waals surface area contributed by atoms with Gasteiger partial charge in [0.1, 0.15) is 0 Å². The highest BCUT2D eigenvalue weighted by Gasteiger charge is 2.20. The summed E-state index contributed by atoms with van der Waals surface area (Å²) in [5.74, 6) is -0.156. The number of amides is 2. The fourth-order valence-electron chi connectivity index (χ4n) is 1.96. The van der Waals surface area contributed by atoms with Crippen molar-refractivity contribution in [3.63, 3.8) is 0 Å². The predicted octanol–water partition coefficient (Wildman–Crippen LogP) is 1.13. The first-order valence-electron chi connectivity index (χ1n) is 6.11. The molecule has 5 nitrogen and oxygen atoms in total. The van der Waals surface area contributed by atoms with Gasteiger partial charge in [-0.05, 0) is 30.7 Å². The fourth-order valence-corrected chi connectivity index (χ4v) is 2.44. The number of halogens is 1. The fraction of sp³-hybridized carbons (Fsp3) is 0.385. The van der Waals surface area contributed by atoms with E-state index in [0.717, 1.165) is 15.7 Å². The van der Waals surface area contributed by atoms with Crippen molar-refractivity contribution in [3.05, 3.63) is 28.2 Å². The predicted molar refractivity (Wildman–Crippen MR) is 77.0 cm³/mol. The summed E-state index contributed by atoms with van der Waals surface area (Å²) in [5, 5.41) is 5.81. The van der Waals surface area contributed by atoms with Crippen molar-refractivity contribution >= 4 is 33.4 Å². The van der Waals surface area contributed by atoms with Crippen LogP contribution in [-0.4, -0.2) is 42.9 Å². The Hall–Kier alpha value is -1.56. The molecule has 1 aromatic carbocycles. The number of nitrogens with zero attached hydrogens (tertiary/aromatic N) is 1. The van der Waals surface area contributed by atoms with E-state index in [1.165, 1.54) is 0 Å². The standard InChI is InChI=1S/C13H16BrN3O2/c1-9-6-10(14)2-3-11(9)16-7-13(19)17-5-4-15-12(18)8-17/h2-3,6,16H,4-5,7-8H2,1H3,(H,15,18). The molecule has 1 fully saturated rings. The molecule has 1 aliphatic rings. The molecule has 19 heavy (non-hydrogen) atoms. The van der Waals surface area contributed by atoms with Crippen LogP contribution in [-0.2, 0) is 9.59 Å². The topological polar surface area (TPSA) is 61.4 Å². The molecule has 2 amide bonds. The summed E-state index contributed by atoms with van der Waals surface area (Å²) in [7, 11) is 0. The Morgan fingerprint density at radius 3 is 3.00 bits per heavy atom. The largest absolute Gasteiger partial charge is 0.376 e. The quantitative estimate of drug-likeness (QED) is 0.875. The Kier molecular flexibility index (Phi) is 4.42. The number of rotatable bonds is 3. The summed E-state index contributed by atoms with van der Waals surface area (Å²) in [6.45, 7) is 3.44. The summed E-state index contributed by atoms with van der Waals surface area (Å²) < 4.78 is 1.01. The molecular weight excluding hydrogens is 310 g/mol. The average molecular weight is 326 g/mol. The van der Waals surface area contributed by atoms with E-state index in [1.807, 2.05) is 25.1 Å². The van der Waals surface area contributed by atoms with Gasteiger partial charge in [0.05, 0.1) is 13.1 Å². The SMILES string of the molecule is Cc1cc(Br)ccc1NCC(=O)N1CCNC(=O)C1. The molecule has 0 atom stereocenters. The number of benzene rings is 1. The third kappa shape index (κ3) is 3.70. The van der Waals surface area contributed by atoms with E-state index in [-0.39, 0.29) is 24.9 Å². The Morgan fingerprint density at radius 1 is 1.53 bits per heavy atom. The molecule has 1 heterocycles. The minimum Gasteiger partial charge on any atom is -0.376 e. The first kappa shape index (κ1) is 13.9. The van der Waals surface area contributed by atoms with Gasteiger partial charge < -0.3 is 15.5 Å². The highest BCUT2D eigenvalue weighted by atomic mass is 79.9. The molecular formula is C13H16BrN3O2. The van der Waals surface area contributed by atoms with Gasteiger partial charge in [0.25, 0.3) is 0 Å². The zero-order valence-corrected chi connectivity index (χ0v) is 12.3. The first-order valence-corrected chi connectivity index (χ1v) is 6.90. The minimum absolute atomic E-state index is 0.0582. The second-order valence-electron chi connectivity index (χ2n) is 4.48. The Labute approximate surface area is 120 Å². The molecule has 2 rings (SSSR count).